The zero-order chi connectivity index (χ0) is 20.5. The molecule has 0 saturated carbocycles. The van der Waals surface area contributed by atoms with Gasteiger partial charge in [-0.15, -0.1) is 0 Å². The van der Waals surface area contributed by atoms with Crippen molar-refractivity contribution in [1.82, 2.24) is 5.39 Å². The van der Waals surface area contributed by atoms with Crippen LogP contribution >= 0.6 is 0 Å². The number of carbonyl (C=O) groups excluding carboxylic acids is 2. The Morgan fingerprint density at radius 2 is 1.71 bits per heavy atom. The van der Waals surface area contributed by atoms with E-state index in [4.69, 9.17) is 19.9 Å². The Morgan fingerprint density at radius 3 is 2.46 bits per heavy atom. The lowest BCUT2D eigenvalue weighted by Gasteiger charge is -2.13. The first-order valence-electron chi connectivity index (χ1n) is 9.00. The molecule has 0 saturated heterocycles. The largest absolute Gasteiger partial charge is 0.463 e. The fourth-order valence-corrected chi connectivity index (χ4v) is 2.62. The molecule has 0 aromatic heterocycles. The van der Waals surface area contributed by atoms with Gasteiger partial charge in [-0.1, -0.05) is 42.0 Å². The van der Waals surface area contributed by atoms with Gasteiger partial charge in [-0.25, -0.2) is 4.79 Å². The quantitative estimate of drug-likeness (QED) is 0.362. The molecule has 0 aliphatic heterocycles. The smallest absolute Gasteiger partial charge is 0.344 e. The number of ether oxygens (including phenoxy) is 2. The third-order valence-electron chi connectivity index (χ3n) is 4.21. The number of rotatable bonds is 10. The molecule has 2 aromatic rings. The maximum Gasteiger partial charge on any atom is 0.344 e. The fraction of sp³-hybridized carbons (Fsp3) is 0.400. The topological polar surface area (TPSA) is 106 Å². The van der Waals surface area contributed by atoms with E-state index in [2.05, 4.69) is 10.9 Å². The van der Waals surface area contributed by atoms with Gasteiger partial charge >= 0.3 is 11.9 Å². The lowest BCUT2D eigenvalue weighted by atomic mass is 9.97. The van der Waals surface area contributed by atoms with Gasteiger partial charge in [0, 0.05) is 0 Å². The van der Waals surface area contributed by atoms with Gasteiger partial charge in [-0.3, -0.25) is 20.0 Å². The van der Waals surface area contributed by atoms with E-state index in [9.17, 15) is 9.59 Å². The van der Waals surface area contributed by atoms with Gasteiger partial charge in [-0.05, 0) is 43.0 Å². The molecule has 0 spiro atoms. The predicted molar refractivity (Wildman–Crippen MR) is 99.6 cm³/mol. The van der Waals surface area contributed by atoms with E-state index in [-0.39, 0.29) is 18.6 Å². The lowest BCUT2D eigenvalue weighted by molar-refractivity contribution is -0.492. The first kappa shape index (κ1) is 21.8. The summed E-state index contributed by atoms with van der Waals surface area (Å²) >= 11 is 0. The van der Waals surface area contributed by atoms with Crippen LogP contribution in [0.1, 0.15) is 36.8 Å². The van der Waals surface area contributed by atoms with Crippen molar-refractivity contribution in [3.63, 3.8) is 0 Å². The van der Waals surface area contributed by atoms with E-state index < -0.39 is 24.5 Å². The molecular weight excluding hydrogens is 366 g/mol. The average Bonchev–Trinajstić information content (AvgIpc) is 2.67. The van der Waals surface area contributed by atoms with E-state index >= 15 is 0 Å². The highest BCUT2D eigenvalue weighted by Gasteiger charge is 2.18. The van der Waals surface area contributed by atoms with Gasteiger partial charge in [-0.2, -0.15) is 0 Å². The van der Waals surface area contributed by atoms with Crippen LogP contribution in [0, 0.1) is 6.92 Å². The van der Waals surface area contributed by atoms with Crippen molar-refractivity contribution in [2.45, 2.75) is 32.6 Å². The van der Waals surface area contributed by atoms with Gasteiger partial charge in [0.2, 0.25) is 0 Å². The summed E-state index contributed by atoms with van der Waals surface area (Å²) in [5.74, 6) is -1.64. The molecule has 0 amide bonds. The van der Waals surface area contributed by atoms with E-state index in [0.29, 0.717) is 12.8 Å². The molecule has 152 valence electrons. The Morgan fingerprint density at radius 1 is 1.00 bits per heavy atom. The molecule has 0 bridgehead atoms. The van der Waals surface area contributed by atoms with Gasteiger partial charge in [0.15, 0.2) is 6.61 Å². The second-order valence-electron chi connectivity index (χ2n) is 6.45. The zero-order valence-electron chi connectivity index (χ0n) is 16.0. The number of fused-ring (bicyclic) bond motifs is 1. The summed E-state index contributed by atoms with van der Waals surface area (Å²) in [6.45, 7) is 3.48. The minimum Gasteiger partial charge on any atom is -0.463 e. The number of hydrogen-bond donors (Lipinski definition) is 2. The molecule has 8 nitrogen and oxygen atoms in total. The summed E-state index contributed by atoms with van der Waals surface area (Å²) in [7, 11) is 0. The van der Waals surface area contributed by atoms with Crippen LogP contribution in [0.15, 0.2) is 36.4 Å². The van der Waals surface area contributed by atoms with Crippen LogP contribution in [-0.2, 0) is 23.9 Å². The van der Waals surface area contributed by atoms with Crippen molar-refractivity contribution < 1.29 is 34.3 Å². The summed E-state index contributed by atoms with van der Waals surface area (Å²) in [6, 6.07) is 11.9. The van der Waals surface area contributed by atoms with Crippen molar-refractivity contribution in [3.8, 4) is 0 Å². The zero-order valence-corrected chi connectivity index (χ0v) is 16.0. The van der Waals surface area contributed by atoms with Crippen LogP contribution in [0.25, 0.3) is 10.8 Å². The molecule has 28 heavy (non-hydrogen) atoms. The third kappa shape index (κ3) is 6.90. The van der Waals surface area contributed by atoms with Gasteiger partial charge in [0.1, 0.15) is 0 Å². The molecule has 8 heteroatoms. The second-order valence-corrected chi connectivity index (χ2v) is 6.45. The molecule has 1 unspecified atom stereocenters. The fourth-order valence-electron chi connectivity index (χ4n) is 2.62. The number of unbranched alkanes of at least 4 members (excludes halogenated alkanes) is 1. The van der Waals surface area contributed by atoms with Gasteiger partial charge < -0.3 is 9.47 Å². The minimum absolute atomic E-state index is 0.0718. The highest BCUT2D eigenvalue weighted by molar-refractivity contribution is 5.86. The number of aryl methyl sites for hydroxylation is 1. The number of benzene rings is 2. The maximum atomic E-state index is 12.2. The summed E-state index contributed by atoms with van der Waals surface area (Å²) in [6.07, 6.45) is 0.934. The van der Waals surface area contributed by atoms with Crippen molar-refractivity contribution in [3.05, 3.63) is 47.5 Å². The predicted octanol–water partition coefficient (Wildman–Crippen LogP) is 3.13. The van der Waals surface area contributed by atoms with E-state index in [1.807, 2.05) is 37.3 Å². The summed E-state index contributed by atoms with van der Waals surface area (Å²) in [4.78, 5) is 28.2. The van der Waals surface area contributed by atoms with Crippen LogP contribution in [0.5, 0.6) is 0 Å². The minimum atomic E-state index is -0.637. The first-order valence-corrected chi connectivity index (χ1v) is 9.00. The highest BCUT2D eigenvalue weighted by atomic mass is 17.1. The van der Waals surface area contributed by atoms with E-state index in [0.717, 1.165) is 21.9 Å². The van der Waals surface area contributed by atoms with Crippen LogP contribution in [0.2, 0.25) is 0 Å². The standard InChI is InChI=1S/C20H25NO7/c1-14-5-6-16-7-8-17(12-18(16)11-14)15(2)20(23)27-13-19(22)26-9-3-4-10-28-21(24)25/h5-8,11-12,15,24-25H,3-4,9-10,13H2,1-2H3. The lowest BCUT2D eigenvalue weighted by Crippen LogP contribution is -2.20. The van der Waals surface area contributed by atoms with Crippen LogP contribution in [0.4, 0.5) is 0 Å². The third-order valence-corrected chi connectivity index (χ3v) is 4.21. The van der Waals surface area contributed by atoms with Crippen molar-refractivity contribution >= 4 is 22.7 Å². The molecule has 0 fully saturated rings. The average molecular weight is 391 g/mol. The SMILES string of the molecule is Cc1ccc2ccc(C(C)C(=O)OCC(=O)OCCCCON(O)O)cc2c1. The normalized spacial score (nSPS) is 12.2. The Labute approximate surface area is 163 Å². The van der Waals surface area contributed by atoms with Crippen LogP contribution in [-0.4, -0.2) is 47.6 Å². The van der Waals surface area contributed by atoms with Crippen LogP contribution in [0.3, 0.4) is 0 Å². The van der Waals surface area contributed by atoms with Crippen LogP contribution < -0.4 is 0 Å². The number of carbonyl (C=O) groups is 2. The molecule has 0 aliphatic carbocycles. The molecule has 0 heterocycles. The summed E-state index contributed by atoms with van der Waals surface area (Å²) < 4.78 is 10.00. The number of hydrogen-bond acceptors (Lipinski definition) is 8. The monoisotopic (exact) mass is 391 g/mol. The molecule has 2 rings (SSSR count). The van der Waals surface area contributed by atoms with Crippen molar-refractivity contribution in [1.29, 1.82) is 0 Å². The Bertz CT molecular complexity index is 806. The maximum absolute atomic E-state index is 12.2. The highest BCUT2D eigenvalue weighted by Crippen LogP contribution is 2.23. The van der Waals surface area contributed by atoms with Gasteiger partial charge in [0.05, 0.1) is 24.5 Å². The Balaban J connectivity index is 1.75. The molecule has 1 atom stereocenters. The first-order chi connectivity index (χ1) is 13.4. The summed E-state index contributed by atoms with van der Waals surface area (Å²) in [5.41, 5.74) is 1.96. The van der Waals surface area contributed by atoms with Crippen molar-refractivity contribution in [2.24, 2.45) is 0 Å². The molecule has 0 aliphatic rings. The van der Waals surface area contributed by atoms with Gasteiger partial charge in [0.25, 0.3) is 0 Å². The van der Waals surface area contributed by atoms with E-state index in [1.165, 1.54) is 0 Å². The molecule has 0 radical (unpaired) electrons. The van der Waals surface area contributed by atoms with E-state index in [1.54, 1.807) is 6.92 Å². The Kier molecular flexibility index (Phi) is 8.34. The van der Waals surface area contributed by atoms with Crippen molar-refractivity contribution in [2.75, 3.05) is 19.8 Å². The number of nitrogens with zero attached hydrogens (tertiary/aromatic N) is 1. The Hall–Kier alpha value is -2.52. The number of esters is 2. The molecule has 2 aromatic carbocycles. The molecular formula is C20H25NO7. The summed E-state index contributed by atoms with van der Waals surface area (Å²) in [5, 5.41) is 18.5. The second kappa shape index (κ2) is 10.7. The molecule has 2 N–H and O–H groups in total.